The maximum absolute atomic E-state index is 6.48. The van der Waals surface area contributed by atoms with E-state index in [9.17, 15) is 0 Å². The Morgan fingerprint density at radius 3 is 3.06 bits per heavy atom. The summed E-state index contributed by atoms with van der Waals surface area (Å²) in [6, 6.07) is 5.96. The summed E-state index contributed by atoms with van der Waals surface area (Å²) in [6.45, 7) is 4.19. The van der Waals surface area contributed by atoms with Crippen LogP contribution in [0.1, 0.15) is 41.3 Å². The SMILES string of the molecule is CC1Sc2ccc(Cl)cc2C1/C=N/N=C(N)NN/C=C\c1csc2c1CC(C)(Cl)C=C2. The molecule has 0 amide bonds. The first-order valence-electron chi connectivity index (χ1n) is 9.82. The molecule has 4 rings (SSSR count). The molecule has 1 aromatic carbocycles. The van der Waals surface area contributed by atoms with E-state index in [1.165, 1.54) is 20.9 Å². The topological polar surface area (TPSA) is 74.8 Å². The van der Waals surface area contributed by atoms with E-state index < -0.39 is 0 Å². The predicted octanol–water partition coefficient (Wildman–Crippen LogP) is 5.61. The summed E-state index contributed by atoms with van der Waals surface area (Å²) < 4.78 is 0. The highest BCUT2D eigenvalue weighted by Gasteiger charge is 2.29. The van der Waals surface area contributed by atoms with Gasteiger partial charge in [-0.05, 0) is 65.8 Å². The molecule has 2 aromatic rings. The molecule has 5 nitrogen and oxygen atoms in total. The second-order valence-electron chi connectivity index (χ2n) is 7.71. The van der Waals surface area contributed by atoms with Crippen molar-refractivity contribution in [2.24, 2.45) is 15.9 Å². The van der Waals surface area contributed by atoms with Gasteiger partial charge in [0.25, 0.3) is 0 Å². The van der Waals surface area contributed by atoms with Gasteiger partial charge in [0.1, 0.15) is 0 Å². The molecule has 4 N–H and O–H groups in total. The molecule has 3 unspecified atom stereocenters. The van der Waals surface area contributed by atoms with Crippen LogP contribution in [0, 0.1) is 0 Å². The summed E-state index contributed by atoms with van der Waals surface area (Å²) in [5.41, 5.74) is 15.2. The van der Waals surface area contributed by atoms with Gasteiger partial charge in [0.05, 0.1) is 4.87 Å². The number of guanidine groups is 1. The van der Waals surface area contributed by atoms with Gasteiger partial charge in [0.2, 0.25) is 5.96 Å². The molecule has 31 heavy (non-hydrogen) atoms. The van der Waals surface area contributed by atoms with Gasteiger partial charge in [-0.3, -0.25) is 5.43 Å². The molecule has 1 aromatic heterocycles. The minimum absolute atomic E-state index is 0.148. The summed E-state index contributed by atoms with van der Waals surface area (Å²) in [5.74, 6) is 0.323. The lowest BCUT2D eigenvalue weighted by atomic mass is 9.92. The van der Waals surface area contributed by atoms with Crippen molar-refractivity contribution in [3.05, 3.63) is 62.4 Å². The van der Waals surface area contributed by atoms with Crippen molar-refractivity contribution in [2.75, 3.05) is 0 Å². The Morgan fingerprint density at radius 1 is 1.39 bits per heavy atom. The lowest BCUT2D eigenvalue weighted by Crippen LogP contribution is -2.39. The van der Waals surface area contributed by atoms with Gasteiger partial charge in [0.15, 0.2) is 0 Å². The van der Waals surface area contributed by atoms with E-state index in [2.05, 4.69) is 51.6 Å². The molecule has 9 heteroatoms. The van der Waals surface area contributed by atoms with Crippen LogP contribution >= 0.6 is 46.3 Å². The number of hydrazine groups is 1. The van der Waals surface area contributed by atoms with E-state index >= 15 is 0 Å². The number of hydrogen-bond donors (Lipinski definition) is 3. The fraction of sp³-hybridized carbons (Fsp3) is 0.273. The van der Waals surface area contributed by atoms with Crippen molar-refractivity contribution in [1.29, 1.82) is 0 Å². The normalized spacial score (nSPS) is 25.2. The Kier molecular flexibility index (Phi) is 6.67. The fourth-order valence-electron chi connectivity index (χ4n) is 3.59. The molecule has 1 aliphatic heterocycles. The van der Waals surface area contributed by atoms with Crippen LogP contribution in [0.2, 0.25) is 5.02 Å². The number of nitrogens with two attached hydrogens (primary N) is 1. The van der Waals surface area contributed by atoms with Gasteiger partial charge in [-0.25, -0.2) is 0 Å². The third kappa shape index (κ3) is 5.29. The monoisotopic (exact) mass is 491 g/mol. The van der Waals surface area contributed by atoms with Crippen molar-refractivity contribution in [3.8, 4) is 0 Å². The molecule has 0 saturated carbocycles. The Bertz CT molecular complexity index is 1090. The van der Waals surface area contributed by atoms with Crippen LogP contribution in [-0.2, 0) is 6.42 Å². The number of thioether (sulfide) groups is 1. The average Bonchev–Trinajstić information content (AvgIpc) is 3.24. The minimum Gasteiger partial charge on any atom is -0.367 e. The number of thiophene rings is 1. The second-order valence-corrected chi connectivity index (χ2v) is 11.3. The minimum atomic E-state index is -0.335. The molecule has 3 atom stereocenters. The van der Waals surface area contributed by atoms with Crippen molar-refractivity contribution in [3.63, 3.8) is 0 Å². The lowest BCUT2D eigenvalue weighted by Gasteiger charge is -2.22. The van der Waals surface area contributed by atoms with E-state index in [1.54, 1.807) is 17.5 Å². The van der Waals surface area contributed by atoms with Gasteiger partial charge in [-0.1, -0.05) is 24.6 Å². The summed E-state index contributed by atoms with van der Waals surface area (Å²) in [5, 5.41) is 11.4. The predicted molar refractivity (Wildman–Crippen MR) is 136 cm³/mol. The van der Waals surface area contributed by atoms with E-state index in [0.717, 1.165) is 17.0 Å². The van der Waals surface area contributed by atoms with E-state index in [1.807, 2.05) is 43.1 Å². The fourth-order valence-corrected chi connectivity index (χ4v) is 6.16. The molecule has 0 spiro atoms. The van der Waals surface area contributed by atoms with Crippen LogP contribution in [0.25, 0.3) is 12.2 Å². The largest absolute Gasteiger partial charge is 0.367 e. The molecular formula is C22H23Cl2N5S2. The van der Waals surface area contributed by atoms with Crippen LogP contribution < -0.4 is 16.6 Å². The number of allylic oxidation sites excluding steroid dienone is 1. The summed E-state index contributed by atoms with van der Waals surface area (Å²) >= 11 is 16.2. The van der Waals surface area contributed by atoms with Gasteiger partial charge < -0.3 is 11.2 Å². The number of fused-ring (bicyclic) bond motifs is 2. The van der Waals surface area contributed by atoms with Gasteiger partial charge >= 0.3 is 0 Å². The molecule has 0 radical (unpaired) electrons. The Hall–Kier alpha value is -1.93. The number of nitrogens with one attached hydrogen (secondary N) is 2. The third-order valence-electron chi connectivity index (χ3n) is 5.15. The Balaban J connectivity index is 1.32. The van der Waals surface area contributed by atoms with Crippen LogP contribution in [0.4, 0.5) is 0 Å². The highest BCUT2D eigenvalue weighted by Crippen LogP contribution is 2.45. The Labute approximate surface area is 200 Å². The van der Waals surface area contributed by atoms with Gasteiger partial charge in [0, 0.05) is 38.4 Å². The molecule has 1 aliphatic carbocycles. The number of alkyl halides is 1. The summed E-state index contributed by atoms with van der Waals surface area (Å²) in [6.07, 6.45) is 10.5. The molecule has 2 aliphatic rings. The van der Waals surface area contributed by atoms with E-state index in [4.69, 9.17) is 28.9 Å². The van der Waals surface area contributed by atoms with Crippen LogP contribution in [0.5, 0.6) is 0 Å². The molecule has 0 fully saturated rings. The third-order valence-corrected chi connectivity index (χ3v) is 7.95. The molecule has 0 bridgehead atoms. The lowest BCUT2D eigenvalue weighted by molar-refractivity contribution is 0.764. The highest BCUT2D eigenvalue weighted by atomic mass is 35.5. The van der Waals surface area contributed by atoms with E-state index in [-0.39, 0.29) is 16.8 Å². The van der Waals surface area contributed by atoms with Crippen LogP contribution in [-0.4, -0.2) is 22.3 Å². The first kappa shape index (κ1) is 22.3. The van der Waals surface area contributed by atoms with Crippen molar-refractivity contribution in [1.82, 2.24) is 10.9 Å². The van der Waals surface area contributed by atoms with Crippen molar-refractivity contribution in [2.45, 2.75) is 41.2 Å². The van der Waals surface area contributed by atoms with Crippen molar-refractivity contribution >= 4 is 70.6 Å². The van der Waals surface area contributed by atoms with Gasteiger partial charge in [-0.2, -0.15) is 5.10 Å². The van der Waals surface area contributed by atoms with Crippen LogP contribution in [0.15, 0.2) is 51.0 Å². The molecule has 2 heterocycles. The average molecular weight is 493 g/mol. The molecule has 162 valence electrons. The highest BCUT2D eigenvalue weighted by molar-refractivity contribution is 8.00. The maximum atomic E-state index is 6.48. The van der Waals surface area contributed by atoms with Gasteiger partial charge in [-0.15, -0.1) is 39.8 Å². The second kappa shape index (κ2) is 9.28. The molecular weight excluding hydrogens is 469 g/mol. The standard InChI is InChI=1S/C22H23Cl2N5S2/c1-13-18(16-9-15(23)3-4-20(16)31-13)11-27-29-21(25)28-26-8-6-14-12-30-19-5-7-22(2,24)10-17(14)19/h3-9,11-13,18,26H,10H2,1-2H3,(H3,25,28,29)/b8-6-,27-11+. The Morgan fingerprint density at radius 2 is 2.23 bits per heavy atom. The zero-order chi connectivity index (χ0) is 22.0. The number of nitrogens with zero attached hydrogens (tertiary/aromatic N) is 2. The number of rotatable bonds is 5. The number of hydrogen-bond acceptors (Lipinski definition) is 5. The summed E-state index contributed by atoms with van der Waals surface area (Å²) in [4.78, 5) is 2.15. The maximum Gasteiger partial charge on any atom is 0.232 e. The first-order chi connectivity index (χ1) is 14.8. The first-order valence-corrected chi connectivity index (χ1v) is 12.3. The van der Waals surface area contributed by atoms with E-state index in [0.29, 0.717) is 5.25 Å². The summed E-state index contributed by atoms with van der Waals surface area (Å²) in [7, 11) is 0. The number of halogens is 2. The van der Waals surface area contributed by atoms with Crippen LogP contribution in [0.3, 0.4) is 0 Å². The smallest absolute Gasteiger partial charge is 0.232 e. The molecule has 0 saturated heterocycles. The zero-order valence-corrected chi connectivity index (χ0v) is 20.2. The number of benzene rings is 1. The quantitative estimate of drug-likeness (QED) is 0.220. The van der Waals surface area contributed by atoms with Crippen molar-refractivity contribution < 1.29 is 0 Å². The zero-order valence-electron chi connectivity index (χ0n) is 17.1.